The van der Waals surface area contributed by atoms with Crippen LogP contribution in [0.1, 0.15) is 31.9 Å². The smallest absolute Gasteiger partial charge is 0.325 e. The molecule has 0 radical (unpaired) electrons. The molecule has 29 heavy (non-hydrogen) atoms. The minimum atomic E-state index is -2.79. The van der Waals surface area contributed by atoms with Gasteiger partial charge in [-0.1, -0.05) is 43.6 Å². The van der Waals surface area contributed by atoms with E-state index in [0.717, 1.165) is 17.0 Å². The molecule has 4 aromatic rings. The van der Waals surface area contributed by atoms with Crippen LogP contribution in [0.25, 0.3) is 22.2 Å². The first-order valence-electron chi connectivity index (χ1n) is 8.94. The normalized spacial score (nSPS) is 11.6. The maximum absolute atomic E-state index is 12.8. The van der Waals surface area contributed by atoms with Gasteiger partial charge in [0, 0.05) is 24.0 Å². The second kappa shape index (κ2) is 7.71. The summed E-state index contributed by atoms with van der Waals surface area (Å²) in [5, 5.41) is 8.79. The first-order valence-corrected chi connectivity index (χ1v) is 9.32. The summed E-state index contributed by atoms with van der Waals surface area (Å²) in [6, 6.07) is 9.77. The summed E-state index contributed by atoms with van der Waals surface area (Å²) in [6.45, 7) is 1.49. The molecule has 148 valence electrons. The van der Waals surface area contributed by atoms with Gasteiger partial charge in [0.15, 0.2) is 11.0 Å². The van der Waals surface area contributed by atoms with Crippen molar-refractivity contribution in [2.45, 2.75) is 26.3 Å². The molecule has 0 aliphatic carbocycles. The Labute approximate surface area is 170 Å². The van der Waals surface area contributed by atoms with Gasteiger partial charge in [-0.25, -0.2) is 19.6 Å². The highest BCUT2D eigenvalue weighted by Crippen LogP contribution is 2.29. The fraction of sp³-hybridized carbons (Fsp3) is 0.200. The number of benzene rings is 1. The predicted molar refractivity (Wildman–Crippen MR) is 109 cm³/mol. The van der Waals surface area contributed by atoms with Crippen LogP contribution in [-0.2, 0) is 0 Å². The van der Waals surface area contributed by atoms with E-state index in [1.54, 1.807) is 12.3 Å². The maximum Gasteiger partial charge on any atom is 0.333 e. The van der Waals surface area contributed by atoms with Crippen LogP contribution < -0.4 is 5.32 Å². The Bertz CT molecular complexity index is 1170. The molecule has 1 aromatic carbocycles. The predicted octanol–water partition coefficient (Wildman–Crippen LogP) is 5.80. The zero-order valence-electron chi connectivity index (χ0n) is 15.6. The Balaban J connectivity index is 1.67. The number of fused-ring (bicyclic) bond motifs is 1. The van der Waals surface area contributed by atoms with Crippen LogP contribution in [0.2, 0.25) is 5.15 Å². The van der Waals surface area contributed by atoms with Gasteiger partial charge in [0.2, 0.25) is 0 Å². The molecule has 9 heteroatoms. The molecule has 0 saturated carbocycles. The molecule has 6 nitrogen and oxygen atoms in total. The third-order valence-corrected chi connectivity index (χ3v) is 4.74. The number of hydrogen-bond acceptors (Lipinski definition) is 5. The first kappa shape index (κ1) is 19.2. The molecule has 0 saturated heterocycles. The summed E-state index contributed by atoms with van der Waals surface area (Å²) < 4.78 is 26.2. The number of nitrogens with zero attached hydrogens (tertiary/aromatic N) is 5. The standard InChI is InChI=1S/C20H17ClF2N6/c1-11(2)13-5-3-4-12-9-25-17(8-14(12)13)26-16-6-7-24-19(27-16)15-10-29(20(22)23)28-18(15)21/h3-11,20H,1-2H3,(H,24,25,26,27). The van der Waals surface area contributed by atoms with Gasteiger partial charge in [-0.05, 0) is 29.0 Å². The number of pyridine rings is 1. The number of halogens is 3. The van der Waals surface area contributed by atoms with Crippen molar-refractivity contribution < 1.29 is 8.78 Å². The lowest BCUT2D eigenvalue weighted by atomic mass is 9.97. The largest absolute Gasteiger partial charge is 0.333 e. The quantitative estimate of drug-likeness (QED) is 0.446. The summed E-state index contributed by atoms with van der Waals surface area (Å²) >= 11 is 5.97. The minimum Gasteiger partial charge on any atom is -0.325 e. The van der Waals surface area contributed by atoms with Crippen LogP contribution in [0.3, 0.4) is 0 Å². The molecule has 0 atom stereocenters. The molecular weight excluding hydrogens is 398 g/mol. The molecule has 0 bridgehead atoms. The van der Waals surface area contributed by atoms with E-state index in [0.29, 0.717) is 22.2 Å². The monoisotopic (exact) mass is 414 g/mol. The van der Waals surface area contributed by atoms with Crippen molar-refractivity contribution in [1.82, 2.24) is 24.7 Å². The number of nitrogens with one attached hydrogen (secondary N) is 1. The van der Waals surface area contributed by atoms with E-state index in [9.17, 15) is 8.78 Å². The molecule has 0 unspecified atom stereocenters. The van der Waals surface area contributed by atoms with E-state index < -0.39 is 6.55 Å². The average molecular weight is 415 g/mol. The lowest BCUT2D eigenvalue weighted by molar-refractivity contribution is 0.0567. The van der Waals surface area contributed by atoms with Crippen molar-refractivity contribution in [3.05, 3.63) is 59.6 Å². The van der Waals surface area contributed by atoms with Crippen LogP contribution in [0.15, 0.2) is 48.9 Å². The van der Waals surface area contributed by atoms with Crippen LogP contribution in [-0.4, -0.2) is 24.7 Å². The SMILES string of the molecule is CC(C)c1cccc2cnc(Nc3ccnc(-c4cn(C(F)F)nc4Cl)n3)cc12. The maximum atomic E-state index is 12.8. The fourth-order valence-corrected chi connectivity index (χ4v) is 3.30. The summed E-state index contributed by atoms with van der Waals surface area (Å²) in [4.78, 5) is 12.9. The highest BCUT2D eigenvalue weighted by molar-refractivity contribution is 6.31. The molecule has 4 rings (SSSR count). The van der Waals surface area contributed by atoms with Gasteiger partial charge in [0.1, 0.15) is 11.6 Å². The van der Waals surface area contributed by atoms with Gasteiger partial charge < -0.3 is 5.32 Å². The number of anilines is 2. The lowest BCUT2D eigenvalue weighted by Crippen LogP contribution is -1.99. The van der Waals surface area contributed by atoms with Crippen molar-refractivity contribution in [1.29, 1.82) is 0 Å². The van der Waals surface area contributed by atoms with Gasteiger partial charge in [-0.15, -0.1) is 0 Å². The summed E-state index contributed by atoms with van der Waals surface area (Å²) in [5.41, 5.74) is 1.45. The van der Waals surface area contributed by atoms with E-state index in [1.165, 1.54) is 11.8 Å². The first-order chi connectivity index (χ1) is 13.9. The molecule has 0 fully saturated rings. The van der Waals surface area contributed by atoms with Crippen molar-refractivity contribution in [3.8, 4) is 11.4 Å². The zero-order valence-corrected chi connectivity index (χ0v) is 16.4. The van der Waals surface area contributed by atoms with Gasteiger partial charge in [0.25, 0.3) is 0 Å². The van der Waals surface area contributed by atoms with E-state index in [2.05, 4.69) is 45.3 Å². The van der Waals surface area contributed by atoms with Crippen molar-refractivity contribution in [3.63, 3.8) is 0 Å². The van der Waals surface area contributed by atoms with Gasteiger partial charge >= 0.3 is 6.55 Å². The summed E-state index contributed by atoms with van der Waals surface area (Å²) in [7, 11) is 0. The van der Waals surface area contributed by atoms with Crippen molar-refractivity contribution in [2.75, 3.05) is 5.32 Å². The Morgan fingerprint density at radius 3 is 2.66 bits per heavy atom. The van der Waals surface area contributed by atoms with Gasteiger partial charge in [-0.2, -0.15) is 13.9 Å². The highest BCUT2D eigenvalue weighted by atomic mass is 35.5. The van der Waals surface area contributed by atoms with Crippen molar-refractivity contribution >= 4 is 34.0 Å². The Hall–Kier alpha value is -3.13. The Morgan fingerprint density at radius 1 is 1.10 bits per heavy atom. The molecule has 0 spiro atoms. The molecule has 3 aromatic heterocycles. The number of alkyl halides is 2. The van der Waals surface area contributed by atoms with E-state index in [1.807, 2.05) is 18.2 Å². The number of rotatable bonds is 5. The van der Waals surface area contributed by atoms with Gasteiger partial charge in [-0.3, -0.25) is 0 Å². The molecular formula is C20H17ClF2N6. The minimum absolute atomic E-state index is 0.0899. The lowest BCUT2D eigenvalue weighted by Gasteiger charge is -2.12. The third-order valence-electron chi connectivity index (χ3n) is 4.46. The number of hydrogen-bond donors (Lipinski definition) is 1. The zero-order chi connectivity index (χ0) is 20.5. The van der Waals surface area contributed by atoms with Gasteiger partial charge in [0.05, 0.1) is 5.56 Å². The average Bonchev–Trinajstić information content (AvgIpc) is 3.09. The fourth-order valence-electron chi connectivity index (χ4n) is 3.07. The van der Waals surface area contributed by atoms with Crippen LogP contribution in [0.4, 0.5) is 20.4 Å². The highest BCUT2D eigenvalue weighted by Gasteiger charge is 2.16. The number of aromatic nitrogens is 5. The molecule has 3 heterocycles. The summed E-state index contributed by atoms with van der Waals surface area (Å²) in [6.07, 6.45) is 4.44. The Kier molecular flexibility index (Phi) is 5.10. The second-order valence-corrected chi connectivity index (χ2v) is 7.13. The van der Waals surface area contributed by atoms with Crippen molar-refractivity contribution in [2.24, 2.45) is 0 Å². The van der Waals surface area contributed by atoms with E-state index in [-0.39, 0.29) is 16.5 Å². The topological polar surface area (TPSA) is 68.5 Å². The van der Waals surface area contributed by atoms with Crippen LogP contribution >= 0.6 is 11.6 Å². The second-order valence-electron chi connectivity index (χ2n) is 6.77. The van der Waals surface area contributed by atoms with E-state index in [4.69, 9.17) is 11.6 Å². The third kappa shape index (κ3) is 3.88. The summed E-state index contributed by atoms with van der Waals surface area (Å²) in [5.74, 6) is 1.64. The Morgan fingerprint density at radius 2 is 1.93 bits per heavy atom. The molecule has 0 amide bonds. The van der Waals surface area contributed by atoms with E-state index >= 15 is 0 Å². The molecule has 0 aliphatic rings. The van der Waals surface area contributed by atoms with Crippen LogP contribution in [0.5, 0.6) is 0 Å². The molecule has 1 N–H and O–H groups in total. The van der Waals surface area contributed by atoms with Crippen LogP contribution in [0, 0.1) is 0 Å². The molecule has 0 aliphatic heterocycles.